The number of aliphatic hydroxyl groups excluding tert-OH is 1. The number of carbonyl (C=O) groups is 2. The summed E-state index contributed by atoms with van der Waals surface area (Å²) in [6.07, 6.45) is 8.01. The van der Waals surface area contributed by atoms with Gasteiger partial charge in [0.25, 0.3) is 0 Å². The average molecular weight is 441 g/mol. The van der Waals surface area contributed by atoms with Crippen molar-refractivity contribution in [2.45, 2.75) is 62.9 Å². The lowest BCUT2D eigenvalue weighted by molar-refractivity contribution is -0.137. The van der Waals surface area contributed by atoms with Crippen LogP contribution in [0.2, 0.25) is 0 Å². The number of carbonyl (C=O) groups excluding carboxylic acids is 1. The van der Waals surface area contributed by atoms with Gasteiger partial charge in [-0.25, -0.2) is 8.42 Å². The van der Waals surface area contributed by atoms with E-state index in [4.69, 9.17) is 9.84 Å². The summed E-state index contributed by atoms with van der Waals surface area (Å²) in [5.41, 5.74) is 0. The summed E-state index contributed by atoms with van der Waals surface area (Å²) in [4.78, 5) is 22.4. The molecule has 0 bridgehead atoms. The first-order chi connectivity index (χ1) is 14.1. The Morgan fingerprint density at radius 2 is 1.90 bits per heavy atom. The van der Waals surface area contributed by atoms with E-state index in [1.54, 1.807) is 19.1 Å². The Morgan fingerprint density at radius 3 is 2.53 bits per heavy atom. The van der Waals surface area contributed by atoms with E-state index in [0.29, 0.717) is 44.3 Å². The van der Waals surface area contributed by atoms with Crippen molar-refractivity contribution in [3.05, 3.63) is 36.4 Å². The van der Waals surface area contributed by atoms with Gasteiger partial charge in [0.05, 0.1) is 11.0 Å². The zero-order valence-corrected chi connectivity index (χ0v) is 18.4. The Kier molecular flexibility index (Phi) is 11.4. The van der Waals surface area contributed by atoms with E-state index < -0.39 is 21.9 Å². The summed E-state index contributed by atoms with van der Waals surface area (Å²) in [5, 5.41) is 18.7. The van der Waals surface area contributed by atoms with Crippen molar-refractivity contribution >= 4 is 21.6 Å². The van der Waals surface area contributed by atoms with Crippen LogP contribution in [0.4, 0.5) is 0 Å². The van der Waals surface area contributed by atoms with Crippen LogP contribution in [0, 0.1) is 5.92 Å². The number of hydrogen-bond acceptors (Lipinski definition) is 6. The zero-order chi connectivity index (χ0) is 22.6. The number of Topliss-reactive ketones (excluding diaryl/α,β-unsaturated/α-hetero) is 1. The Hall–Kier alpha value is -2.19. The molecule has 0 aliphatic heterocycles. The molecular formula is C22H32O7S. The van der Waals surface area contributed by atoms with Crippen molar-refractivity contribution in [3.63, 3.8) is 0 Å². The lowest BCUT2D eigenvalue weighted by atomic mass is 9.93. The van der Waals surface area contributed by atoms with Gasteiger partial charge in [0.2, 0.25) is 0 Å². The maximum atomic E-state index is 11.8. The number of carboxylic acids is 1. The molecule has 0 fully saturated rings. The van der Waals surface area contributed by atoms with E-state index in [1.807, 2.05) is 12.2 Å². The maximum absolute atomic E-state index is 11.8. The van der Waals surface area contributed by atoms with Crippen LogP contribution in [0.5, 0.6) is 5.75 Å². The predicted molar refractivity (Wildman–Crippen MR) is 114 cm³/mol. The van der Waals surface area contributed by atoms with Gasteiger partial charge in [-0.2, -0.15) is 0 Å². The quantitative estimate of drug-likeness (QED) is 0.317. The van der Waals surface area contributed by atoms with Crippen molar-refractivity contribution in [2.24, 2.45) is 5.92 Å². The molecule has 2 unspecified atom stereocenters. The third-order valence-electron chi connectivity index (χ3n) is 4.69. The highest BCUT2D eigenvalue weighted by molar-refractivity contribution is 7.90. The van der Waals surface area contributed by atoms with E-state index in [2.05, 4.69) is 0 Å². The van der Waals surface area contributed by atoms with E-state index >= 15 is 0 Å². The molecule has 168 valence electrons. The SMILES string of the molecule is CC(=O)C(CC=CCCCC(=O)O)CCCC(O)COc1cccc(S(C)(=O)=O)c1. The molecule has 8 heteroatoms. The summed E-state index contributed by atoms with van der Waals surface area (Å²) >= 11 is 0. The topological polar surface area (TPSA) is 118 Å². The molecule has 1 aromatic carbocycles. The first-order valence-corrected chi connectivity index (χ1v) is 12.0. The standard InChI is InChI=1S/C22H32O7S/c1-17(23)18(9-5-3-4-6-14-22(25)26)10-7-11-19(24)16-29-20-12-8-13-21(15-20)30(2,27)28/h3,5,8,12-13,15,18-19,24H,4,6-7,9-11,14,16H2,1-2H3,(H,25,26). The largest absolute Gasteiger partial charge is 0.491 e. The normalized spacial score (nSPS) is 13.8. The Bertz CT molecular complexity index is 815. The molecule has 0 radical (unpaired) electrons. The first kappa shape index (κ1) is 25.8. The van der Waals surface area contributed by atoms with Gasteiger partial charge in [-0.3, -0.25) is 9.59 Å². The summed E-state index contributed by atoms with van der Waals surface area (Å²) in [6, 6.07) is 6.14. The molecule has 2 N–H and O–H groups in total. The number of ketones is 1. The number of hydrogen-bond donors (Lipinski definition) is 2. The molecule has 0 aromatic heterocycles. The highest BCUT2D eigenvalue weighted by Gasteiger charge is 2.14. The van der Waals surface area contributed by atoms with E-state index in [1.165, 1.54) is 12.1 Å². The molecule has 0 heterocycles. The second-order valence-corrected chi connectivity index (χ2v) is 9.46. The molecule has 0 saturated carbocycles. The molecule has 0 aliphatic carbocycles. The Labute approximate surface area is 178 Å². The summed E-state index contributed by atoms with van der Waals surface area (Å²) in [6.45, 7) is 1.60. The number of aliphatic hydroxyl groups is 1. The highest BCUT2D eigenvalue weighted by Crippen LogP contribution is 2.19. The number of carboxylic acid groups (broad SMARTS) is 1. The molecule has 0 saturated heterocycles. The fourth-order valence-corrected chi connectivity index (χ4v) is 3.56. The molecule has 0 amide bonds. The second-order valence-electron chi connectivity index (χ2n) is 7.44. The number of sulfone groups is 1. The van der Waals surface area contributed by atoms with Gasteiger partial charge in [0.1, 0.15) is 18.1 Å². The van der Waals surface area contributed by atoms with Crippen molar-refractivity contribution in [2.75, 3.05) is 12.9 Å². The van der Waals surface area contributed by atoms with Crippen LogP contribution in [0.1, 0.15) is 51.9 Å². The highest BCUT2D eigenvalue weighted by atomic mass is 32.2. The minimum atomic E-state index is -3.32. The molecule has 0 spiro atoms. The lowest BCUT2D eigenvalue weighted by Gasteiger charge is -2.15. The van der Waals surface area contributed by atoms with Gasteiger partial charge in [0.15, 0.2) is 9.84 Å². The number of aliphatic carboxylic acids is 1. The van der Waals surface area contributed by atoms with Crippen LogP contribution in [0.3, 0.4) is 0 Å². The number of benzene rings is 1. The van der Waals surface area contributed by atoms with Crippen LogP contribution in [0.25, 0.3) is 0 Å². The first-order valence-electron chi connectivity index (χ1n) is 10.1. The number of allylic oxidation sites excluding steroid dienone is 2. The smallest absolute Gasteiger partial charge is 0.303 e. The molecule has 30 heavy (non-hydrogen) atoms. The summed E-state index contributed by atoms with van der Waals surface area (Å²) in [5.74, 6) is -0.462. The van der Waals surface area contributed by atoms with Gasteiger partial charge >= 0.3 is 5.97 Å². The molecule has 1 aromatic rings. The molecule has 2 atom stereocenters. The second kappa shape index (κ2) is 13.2. The Morgan fingerprint density at radius 1 is 1.17 bits per heavy atom. The number of ether oxygens (including phenoxy) is 1. The van der Waals surface area contributed by atoms with Crippen molar-refractivity contribution in [1.82, 2.24) is 0 Å². The predicted octanol–water partition coefficient (Wildman–Crippen LogP) is 3.41. The van der Waals surface area contributed by atoms with Crippen molar-refractivity contribution in [1.29, 1.82) is 0 Å². The van der Waals surface area contributed by atoms with E-state index in [0.717, 1.165) is 6.26 Å². The van der Waals surface area contributed by atoms with Crippen LogP contribution in [-0.4, -0.2) is 49.4 Å². The fraction of sp³-hybridized carbons (Fsp3) is 0.545. The van der Waals surface area contributed by atoms with Gasteiger partial charge in [-0.1, -0.05) is 24.6 Å². The Balaban J connectivity index is 2.35. The molecule has 0 aliphatic rings. The van der Waals surface area contributed by atoms with Crippen LogP contribution in [0.15, 0.2) is 41.3 Å². The van der Waals surface area contributed by atoms with Gasteiger partial charge in [-0.15, -0.1) is 0 Å². The molecular weight excluding hydrogens is 408 g/mol. The number of unbranched alkanes of at least 4 members (excludes halogenated alkanes) is 1. The van der Waals surface area contributed by atoms with Crippen LogP contribution >= 0.6 is 0 Å². The van der Waals surface area contributed by atoms with Crippen LogP contribution in [-0.2, 0) is 19.4 Å². The summed E-state index contributed by atoms with van der Waals surface area (Å²) in [7, 11) is -3.32. The minimum absolute atomic E-state index is 0.0431. The van der Waals surface area contributed by atoms with Crippen LogP contribution < -0.4 is 4.74 Å². The third kappa shape index (κ3) is 11.1. The van der Waals surface area contributed by atoms with Crippen molar-refractivity contribution in [3.8, 4) is 5.75 Å². The van der Waals surface area contributed by atoms with Crippen molar-refractivity contribution < 1.29 is 33.0 Å². The minimum Gasteiger partial charge on any atom is -0.491 e. The van der Waals surface area contributed by atoms with Gasteiger partial charge in [0, 0.05) is 18.6 Å². The monoisotopic (exact) mass is 440 g/mol. The van der Waals surface area contributed by atoms with Gasteiger partial charge in [-0.05, 0) is 57.2 Å². The van der Waals surface area contributed by atoms with E-state index in [9.17, 15) is 23.1 Å². The molecule has 7 nitrogen and oxygen atoms in total. The zero-order valence-electron chi connectivity index (χ0n) is 17.6. The maximum Gasteiger partial charge on any atom is 0.303 e. The molecule has 1 rings (SSSR count). The number of rotatable bonds is 15. The fourth-order valence-electron chi connectivity index (χ4n) is 2.91. The summed E-state index contributed by atoms with van der Waals surface area (Å²) < 4.78 is 28.6. The third-order valence-corrected chi connectivity index (χ3v) is 5.80. The lowest BCUT2D eigenvalue weighted by Crippen LogP contribution is -2.18. The van der Waals surface area contributed by atoms with E-state index in [-0.39, 0.29) is 29.6 Å². The van der Waals surface area contributed by atoms with Gasteiger partial charge < -0.3 is 14.9 Å². The average Bonchev–Trinajstić information content (AvgIpc) is 2.66.